The summed E-state index contributed by atoms with van der Waals surface area (Å²) in [6.07, 6.45) is 1.07. The Hall–Kier alpha value is -0.290. The van der Waals surface area contributed by atoms with Crippen molar-refractivity contribution in [2.24, 2.45) is 0 Å². The van der Waals surface area contributed by atoms with Gasteiger partial charge in [0, 0.05) is 23.4 Å². The van der Waals surface area contributed by atoms with Crippen molar-refractivity contribution in [1.29, 1.82) is 0 Å². The second-order valence-electron chi connectivity index (χ2n) is 4.65. The Morgan fingerprint density at radius 3 is 2.84 bits per heavy atom. The molecule has 3 atom stereocenters. The third-order valence-electron chi connectivity index (χ3n) is 3.21. The van der Waals surface area contributed by atoms with Gasteiger partial charge in [0.15, 0.2) is 0 Å². The molecule has 0 radical (unpaired) electrons. The predicted molar refractivity (Wildman–Crippen MR) is 79.6 cm³/mol. The van der Waals surface area contributed by atoms with E-state index in [4.69, 9.17) is 25.8 Å². The number of ether oxygens (including phenoxy) is 3. The zero-order valence-electron chi connectivity index (χ0n) is 11.1. The quantitative estimate of drug-likeness (QED) is 0.580. The van der Waals surface area contributed by atoms with Gasteiger partial charge in [0.2, 0.25) is 0 Å². The summed E-state index contributed by atoms with van der Waals surface area (Å²) < 4.78 is 16.7. The van der Waals surface area contributed by atoms with Crippen LogP contribution < -0.4 is 4.74 Å². The van der Waals surface area contributed by atoms with Gasteiger partial charge in [0.25, 0.3) is 0 Å². The van der Waals surface area contributed by atoms with Gasteiger partial charge in [-0.2, -0.15) is 0 Å². The molecule has 1 fully saturated rings. The molecule has 106 valence electrons. The van der Waals surface area contributed by atoms with E-state index in [2.05, 4.69) is 15.9 Å². The lowest BCUT2D eigenvalue weighted by Gasteiger charge is -2.41. The van der Waals surface area contributed by atoms with Gasteiger partial charge in [-0.15, -0.1) is 0 Å². The first kappa shape index (κ1) is 15.1. The van der Waals surface area contributed by atoms with Crippen LogP contribution in [0, 0.1) is 6.92 Å². The van der Waals surface area contributed by atoms with Gasteiger partial charge in [0.05, 0.1) is 13.2 Å². The van der Waals surface area contributed by atoms with Gasteiger partial charge in [-0.3, -0.25) is 0 Å². The first-order valence-electron chi connectivity index (χ1n) is 6.29. The molecule has 19 heavy (non-hydrogen) atoms. The molecule has 3 unspecified atom stereocenters. The van der Waals surface area contributed by atoms with Crippen molar-refractivity contribution in [3.8, 4) is 5.75 Å². The van der Waals surface area contributed by atoms with Crippen LogP contribution in [0.15, 0.2) is 18.2 Å². The number of alkyl halides is 1. The maximum Gasteiger partial charge on any atom is 0.127 e. The van der Waals surface area contributed by atoms with E-state index in [0.29, 0.717) is 23.1 Å². The Bertz CT molecular complexity index is 427. The summed E-state index contributed by atoms with van der Waals surface area (Å²) >= 11 is 9.59. The number of halogens is 2. The van der Waals surface area contributed by atoms with Gasteiger partial charge in [-0.1, -0.05) is 33.6 Å². The Kier molecular flexibility index (Phi) is 5.51. The molecule has 1 aromatic carbocycles. The zero-order valence-corrected chi connectivity index (χ0v) is 13.4. The van der Waals surface area contributed by atoms with Crippen LogP contribution in [0.1, 0.15) is 12.0 Å². The fourth-order valence-electron chi connectivity index (χ4n) is 1.99. The molecule has 3 nitrogen and oxygen atoms in total. The van der Waals surface area contributed by atoms with E-state index in [1.54, 1.807) is 7.11 Å². The monoisotopic (exact) mass is 348 g/mol. The molecule has 5 heteroatoms. The van der Waals surface area contributed by atoms with Crippen LogP contribution in [-0.2, 0) is 9.47 Å². The molecule has 1 aromatic rings. The molecule has 1 aliphatic rings. The van der Waals surface area contributed by atoms with Crippen LogP contribution in [0.3, 0.4) is 0 Å². The highest BCUT2D eigenvalue weighted by molar-refractivity contribution is 9.09. The van der Waals surface area contributed by atoms with Crippen molar-refractivity contribution in [3.05, 3.63) is 28.8 Å². The van der Waals surface area contributed by atoms with E-state index in [1.807, 2.05) is 25.1 Å². The number of aryl methyl sites for hydroxylation is 1. The van der Waals surface area contributed by atoms with Crippen molar-refractivity contribution < 1.29 is 14.2 Å². The summed E-state index contributed by atoms with van der Waals surface area (Å²) in [6, 6.07) is 5.68. The van der Waals surface area contributed by atoms with E-state index in [0.717, 1.165) is 17.7 Å². The van der Waals surface area contributed by atoms with Gasteiger partial charge in [0.1, 0.15) is 18.0 Å². The molecule has 1 aliphatic carbocycles. The van der Waals surface area contributed by atoms with Crippen LogP contribution in [0.25, 0.3) is 0 Å². The summed E-state index contributed by atoms with van der Waals surface area (Å²) in [6.45, 7) is 3.19. The van der Waals surface area contributed by atoms with Crippen molar-refractivity contribution in [2.75, 3.05) is 20.3 Å². The fraction of sp³-hybridized carbons (Fsp3) is 0.571. The number of hydrogen-bond donors (Lipinski definition) is 0. The molecule has 0 heterocycles. The second kappa shape index (κ2) is 6.93. The van der Waals surface area contributed by atoms with E-state index in [-0.39, 0.29) is 12.2 Å². The molecule has 0 saturated heterocycles. The molecule has 1 saturated carbocycles. The molecule has 2 rings (SSSR count). The highest BCUT2D eigenvalue weighted by atomic mass is 79.9. The number of methoxy groups -OCH3 is 1. The van der Waals surface area contributed by atoms with Crippen molar-refractivity contribution in [1.82, 2.24) is 0 Å². The summed E-state index contributed by atoms with van der Waals surface area (Å²) in [4.78, 5) is 0.342. The molecule has 0 spiro atoms. The lowest BCUT2D eigenvalue weighted by molar-refractivity contribution is -0.0867. The van der Waals surface area contributed by atoms with E-state index in [1.165, 1.54) is 0 Å². The Labute approximate surface area is 127 Å². The predicted octanol–water partition coefficient (Wildman–Crippen LogP) is 3.59. The van der Waals surface area contributed by atoms with Crippen LogP contribution in [0.5, 0.6) is 5.75 Å². The summed E-state index contributed by atoms with van der Waals surface area (Å²) in [5.74, 6) is 0.831. The van der Waals surface area contributed by atoms with Gasteiger partial charge >= 0.3 is 0 Å². The molecule has 0 N–H and O–H groups in total. The normalized spacial score (nSPS) is 26.0. The zero-order chi connectivity index (χ0) is 13.8. The topological polar surface area (TPSA) is 27.7 Å². The number of rotatable bonds is 6. The van der Waals surface area contributed by atoms with Gasteiger partial charge in [-0.05, 0) is 24.6 Å². The third kappa shape index (κ3) is 3.85. The standard InChI is InChI=1S/C14H18BrClO3/c1-9-3-4-10(16)7-12(9)19-13-8-11(15)14(13)18-6-5-17-2/h3-4,7,11,13-14H,5-6,8H2,1-2H3. The summed E-state index contributed by atoms with van der Waals surface area (Å²) in [5.41, 5.74) is 1.08. The van der Waals surface area contributed by atoms with E-state index in [9.17, 15) is 0 Å². The minimum absolute atomic E-state index is 0.0635. The van der Waals surface area contributed by atoms with Crippen molar-refractivity contribution in [3.63, 3.8) is 0 Å². The maximum absolute atomic E-state index is 6.00. The van der Waals surface area contributed by atoms with Crippen LogP contribution >= 0.6 is 27.5 Å². The average molecular weight is 350 g/mol. The smallest absolute Gasteiger partial charge is 0.127 e. The Balaban J connectivity index is 1.93. The Morgan fingerprint density at radius 2 is 2.16 bits per heavy atom. The highest BCUT2D eigenvalue weighted by Gasteiger charge is 2.42. The molecule has 0 aliphatic heterocycles. The third-order valence-corrected chi connectivity index (χ3v) is 4.34. The molecule has 0 aromatic heterocycles. The summed E-state index contributed by atoms with van der Waals surface area (Å²) in [7, 11) is 1.67. The van der Waals surface area contributed by atoms with Crippen molar-refractivity contribution >= 4 is 27.5 Å². The fourth-order valence-corrected chi connectivity index (χ4v) is 3.01. The number of hydrogen-bond acceptors (Lipinski definition) is 3. The maximum atomic E-state index is 6.00. The minimum atomic E-state index is 0.0635. The van der Waals surface area contributed by atoms with E-state index >= 15 is 0 Å². The molecule has 0 bridgehead atoms. The van der Waals surface area contributed by atoms with Gasteiger partial charge in [-0.25, -0.2) is 0 Å². The van der Waals surface area contributed by atoms with Gasteiger partial charge < -0.3 is 14.2 Å². The first-order chi connectivity index (χ1) is 9.11. The van der Waals surface area contributed by atoms with Crippen molar-refractivity contribution in [2.45, 2.75) is 30.4 Å². The minimum Gasteiger partial charge on any atom is -0.487 e. The van der Waals surface area contributed by atoms with Crippen LogP contribution in [0.4, 0.5) is 0 Å². The highest BCUT2D eigenvalue weighted by Crippen LogP contribution is 2.35. The summed E-state index contributed by atoms with van der Waals surface area (Å²) in [5, 5.41) is 0.687. The molecular weight excluding hydrogens is 332 g/mol. The van der Waals surface area contributed by atoms with Crippen LogP contribution in [-0.4, -0.2) is 37.4 Å². The van der Waals surface area contributed by atoms with Crippen LogP contribution in [0.2, 0.25) is 5.02 Å². The average Bonchev–Trinajstić information content (AvgIpc) is 2.38. The first-order valence-corrected chi connectivity index (χ1v) is 7.58. The lowest BCUT2D eigenvalue weighted by Crippen LogP contribution is -2.52. The lowest BCUT2D eigenvalue weighted by atomic mass is 9.91. The Morgan fingerprint density at radius 1 is 1.37 bits per heavy atom. The van der Waals surface area contributed by atoms with E-state index < -0.39 is 0 Å². The largest absolute Gasteiger partial charge is 0.487 e. The molecular formula is C14H18BrClO3. The number of benzene rings is 1. The second-order valence-corrected chi connectivity index (χ2v) is 6.26. The molecule has 0 amide bonds. The SMILES string of the molecule is COCCOC1C(Br)CC1Oc1cc(Cl)ccc1C.